The van der Waals surface area contributed by atoms with Gasteiger partial charge in [-0.25, -0.2) is 4.98 Å². The van der Waals surface area contributed by atoms with Crippen molar-refractivity contribution in [3.63, 3.8) is 0 Å². The number of carbonyl (C=O) groups excluding carboxylic acids is 1. The Morgan fingerprint density at radius 1 is 1.29 bits per heavy atom. The molecule has 3 aliphatic heterocycles. The highest BCUT2D eigenvalue weighted by molar-refractivity contribution is 8.26. The third-order valence-electron chi connectivity index (χ3n) is 6.71. The highest BCUT2D eigenvalue weighted by Gasteiger charge is 2.35. The Morgan fingerprint density at radius 3 is 2.80 bits per heavy atom. The molecule has 0 radical (unpaired) electrons. The lowest BCUT2D eigenvalue weighted by Crippen LogP contribution is -2.48. The second kappa shape index (κ2) is 10.4. The van der Waals surface area contributed by atoms with Crippen LogP contribution in [0.1, 0.15) is 24.0 Å². The molecule has 1 N–H and O–H groups in total. The van der Waals surface area contributed by atoms with Crippen LogP contribution in [0.15, 0.2) is 28.0 Å². The van der Waals surface area contributed by atoms with Gasteiger partial charge in [0, 0.05) is 45.5 Å². The number of β-amino-alcohol motifs (C(OH)–C–C–N with tert-alkyl or cyclic N) is 1. The summed E-state index contributed by atoms with van der Waals surface area (Å²) in [7, 11) is 0. The molecule has 0 saturated carbocycles. The Balaban J connectivity index is 1.52. The van der Waals surface area contributed by atoms with Crippen LogP contribution < -0.4 is 10.5 Å². The lowest BCUT2D eigenvalue weighted by atomic mass is 10.2. The standard InChI is InChI=1S/C24H29N5O4S2/c1-16-4-2-6-28-20(16)25-21(27-9-7-26(8-10-27)11-12-30)18(22(28)31)14-19-23(32)29(24(34)35-19)15-17-5-3-13-33-17/h2,4,6,14,17,30H,3,5,7-13,15H2,1H3/b19-14-/t17-/m1/s1. The van der Waals surface area contributed by atoms with E-state index in [1.165, 1.54) is 11.8 Å². The first-order valence-electron chi connectivity index (χ1n) is 11.9. The molecule has 9 nitrogen and oxygen atoms in total. The highest BCUT2D eigenvalue weighted by atomic mass is 32.2. The minimum absolute atomic E-state index is 0.00133. The van der Waals surface area contributed by atoms with Crippen LogP contribution in [0, 0.1) is 6.92 Å². The molecule has 2 aromatic rings. The van der Waals surface area contributed by atoms with Crippen molar-refractivity contribution in [1.82, 2.24) is 19.2 Å². The van der Waals surface area contributed by atoms with Crippen LogP contribution >= 0.6 is 24.0 Å². The molecule has 0 unspecified atom stereocenters. The molecule has 11 heteroatoms. The van der Waals surface area contributed by atoms with Crippen LogP contribution in [-0.2, 0) is 9.53 Å². The van der Waals surface area contributed by atoms with E-state index in [2.05, 4.69) is 9.80 Å². The maximum Gasteiger partial charge on any atom is 0.267 e. The van der Waals surface area contributed by atoms with Gasteiger partial charge in [0.05, 0.1) is 29.7 Å². The van der Waals surface area contributed by atoms with Gasteiger partial charge in [0.2, 0.25) is 0 Å². The van der Waals surface area contributed by atoms with Crippen LogP contribution in [0.4, 0.5) is 5.82 Å². The molecule has 2 aromatic heterocycles. The first kappa shape index (κ1) is 24.4. The Labute approximate surface area is 213 Å². The average Bonchev–Trinajstić information content (AvgIpc) is 3.46. The summed E-state index contributed by atoms with van der Waals surface area (Å²) in [5.74, 6) is 0.389. The van der Waals surface area contributed by atoms with Crippen LogP contribution in [0.5, 0.6) is 0 Å². The number of fused-ring (bicyclic) bond motifs is 1. The normalized spacial score (nSPS) is 22.8. The molecule has 0 aromatic carbocycles. The number of piperazine rings is 1. The number of nitrogens with zero attached hydrogens (tertiary/aromatic N) is 5. The second-order valence-corrected chi connectivity index (χ2v) is 10.7. The number of aliphatic hydroxyl groups is 1. The Kier molecular flexibility index (Phi) is 7.21. The maximum absolute atomic E-state index is 13.7. The van der Waals surface area contributed by atoms with Crippen molar-refractivity contribution in [2.24, 2.45) is 0 Å². The molecule has 3 aliphatic rings. The lowest BCUT2D eigenvalue weighted by molar-refractivity contribution is -0.123. The summed E-state index contributed by atoms with van der Waals surface area (Å²) in [6.07, 6.45) is 5.27. The topological polar surface area (TPSA) is 90.6 Å². The number of hydrogen-bond donors (Lipinski definition) is 1. The fourth-order valence-corrected chi connectivity index (χ4v) is 6.03. The van der Waals surface area contributed by atoms with Gasteiger partial charge in [-0.05, 0) is 37.5 Å². The fraction of sp³-hybridized carbons (Fsp3) is 0.500. The third kappa shape index (κ3) is 4.88. The van der Waals surface area contributed by atoms with Gasteiger partial charge >= 0.3 is 0 Å². The van der Waals surface area contributed by atoms with Crippen molar-refractivity contribution < 1.29 is 14.6 Å². The molecule has 5 rings (SSSR count). The van der Waals surface area contributed by atoms with E-state index in [1.54, 1.807) is 21.6 Å². The number of amides is 1. The van der Waals surface area contributed by atoms with Gasteiger partial charge in [-0.1, -0.05) is 30.0 Å². The molecule has 186 valence electrons. The average molecular weight is 516 g/mol. The molecule has 5 heterocycles. The summed E-state index contributed by atoms with van der Waals surface area (Å²) in [5.41, 5.74) is 1.68. The third-order valence-corrected chi connectivity index (χ3v) is 8.09. The van der Waals surface area contributed by atoms with Crippen LogP contribution in [0.3, 0.4) is 0 Å². The number of thiocarbonyl (C=S) groups is 1. The lowest BCUT2D eigenvalue weighted by Gasteiger charge is -2.35. The zero-order valence-corrected chi connectivity index (χ0v) is 21.3. The van der Waals surface area contributed by atoms with Gasteiger partial charge < -0.3 is 14.7 Å². The molecule has 0 aliphatic carbocycles. The second-order valence-electron chi connectivity index (χ2n) is 9.02. The van der Waals surface area contributed by atoms with Crippen molar-refractivity contribution in [1.29, 1.82) is 0 Å². The molecule has 35 heavy (non-hydrogen) atoms. The Morgan fingerprint density at radius 2 is 2.09 bits per heavy atom. The monoisotopic (exact) mass is 515 g/mol. The zero-order chi connectivity index (χ0) is 24.5. The number of anilines is 1. The van der Waals surface area contributed by atoms with Gasteiger partial charge in [-0.3, -0.25) is 23.8 Å². The molecule has 3 saturated heterocycles. The van der Waals surface area contributed by atoms with E-state index >= 15 is 0 Å². The van der Waals surface area contributed by atoms with Gasteiger partial charge in [-0.2, -0.15) is 0 Å². The van der Waals surface area contributed by atoms with Crippen molar-refractivity contribution in [3.05, 3.63) is 44.7 Å². The molecule has 1 atom stereocenters. The van der Waals surface area contributed by atoms with Gasteiger partial charge in [-0.15, -0.1) is 0 Å². The van der Waals surface area contributed by atoms with E-state index in [1.807, 2.05) is 19.1 Å². The zero-order valence-electron chi connectivity index (χ0n) is 19.7. The number of carbonyl (C=O) groups is 1. The summed E-state index contributed by atoms with van der Waals surface area (Å²) < 4.78 is 7.72. The largest absolute Gasteiger partial charge is 0.395 e. The van der Waals surface area contributed by atoms with Gasteiger partial charge in [0.25, 0.3) is 11.5 Å². The predicted molar refractivity (Wildman–Crippen MR) is 141 cm³/mol. The van der Waals surface area contributed by atoms with Crippen molar-refractivity contribution in [2.75, 3.05) is 57.4 Å². The predicted octanol–water partition coefficient (Wildman–Crippen LogP) is 1.50. The van der Waals surface area contributed by atoms with Crippen LogP contribution in [0.2, 0.25) is 0 Å². The first-order valence-corrected chi connectivity index (χ1v) is 13.2. The van der Waals surface area contributed by atoms with E-state index in [0.29, 0.717) is 59.0 Å². The molecular weight excluding hydrogens is 486 g/mol. The van der Waals surface area contributed by atoms with E-state index < -0.39 is 0 Å². The van der Waals surface area contributed by atoms with E-state index in [9.17, 15) is 14.7 Å². The van der Waals surface area contributed by atoms with Crippen LogP contribution in [0.25, 0.3) is 11.7 Å². The van der Waals surface area contributed by atoms with Crippen molar-refractivity contribution in [2.45, 2.75) is 25.9 Å². The van der Waals surface area contributed by atoms with Crippen molar-refractivity contribution >= 4 is 51.7 Å². The Hall–Kier alpha value is -2.31. The Bertz CT molecular complexity index is 1230. The number of rotatable bonds is 6. The van der Waals surface area contributed by atoms with E-state index in [-0.39, 0.29) is 24.2 Å². The number of aromatic nitrogens is 2. The fourth-order valence-electron chi connectivity index (χ4n) is 4.77. The summed E-state index contributed by atoms with van der Waals surface area (Å²) in [5, 5.41) is 9.27. The number of pyridine rings is 1. The quantitative estimate of drug-likeness (QED) is 0.454. The van der Waals surface area contributed by atoms with Gasteiger partial charge in [0.1, 0.15) is 15.8 Å². The number of hydrogen-bond acceptors (Lipinski definition) is 9. The van der Waals surface area contributed by atoms with Crippen molar-refractivity contribution in [3.8, 4) is 0 Å². The van der Waals surface area contributed by atoms with Crippen LogP contribution in [-0.4, -0.2) is 93.1 Å². The highest BCUT2D eigenvalue weighted by Crippen LogP contribution is 2.34. The van der Waals surface area contributed by atoms with Gasteiger partial charge in [0.15, 0.2) is 0 Å². The molecule has 1 amide bonds. The molecule has 3 fully saturated rings. The first-order chi connectivity index (χ1) is 17.0. The minimum Gasteiger partial charge on any atom is -0.395 e. The SMILES string of the molecule is Cc1cccn2c(=O)c(/C=C3\SC(=S)N(C[C@H]4CCCO4)C3=O)c(N3CCN(CCO)CC3)nc12. The summed E-state index contributed by atoms with van der Waals surface area (Å²) >= 11 is 6.73. The smallest absolute Gasteiger partial charge is 0.267 e. The molecule has 0 spiro atoms. The summed E-state index contributed by atoms with van der Waals surface area (Å²) in [6, 6.07) is 3.75. The number of aryl methyl sites for hydroxylation is 1. The number of ether oxygens (including phenoxy) is 1. The summed E-state index contributed by atoms with van der Waals surface area (Å²) in [4.78, 5) is 38.1. The minimum atomic E-state index is -0.212. The van der Waals surface area contributed by atoms with E-state index in [4.69, 9.17) is 21.9 Å². The number of thioether (sulfide) groups is 1. The molecular formula is C24H29N5O4S2. The summed E-state index contributed by atoms with van der Waals surface area (Å²) in [6.45, 7) is 6.70. The number of aliphatic hydroxyl groups excluding tert-OH is 1. The maximum atomic E-state index is 13.7. The van der Waals surface area contributed by atoms with E-state index in [0.717, 1.165) is 31.5 Å². The molecule has 0 bridgehead atoms.